The Morgan fingerprint density at radius 2 is 1.31 bits per heavy atom. The van der Waals surface area contributed by atoms with E-state index in [1.807, 2.05) is 19.1 Å². The Morgan fingerprint density at radius 3 is 1.83 bits per heavy atom. The maximum Gasteiger partial charge on any atom is 0.343 e. The number of rotatable bonds is 7. The summed E-state index contributed by atoms with van der Waals surface area (Å²) >= 11 is 0. The van der Waals surface area contributed by atoms with Crippen molar-refractivity contribution in [3.8, 4) is 28.0 Å². The highest BCUT2D eigenvalue weighted by atomic mass is 19.2. The molecule has 0 fully saturated rings. The lowest BCUT2D eigenvalue weighted by atomic mass is 9.97. The molecule has 4 rings (SSSR count). The van der Waals surface area contributed by atoms with E-state index in [1.54, 1.807) is 36.4 Å². The lowest BCUT2D eigenvalue weighted by Gasteiger charge is -2.11. The average Bonchev–Trinajstić information content (AvgIpc) is 2.87. The van der Waals surface area contributed by atoms with Gasteiger partial charge < -0.3 is 4.74 Å². The number of carbonyl (C=O) groups excluding carboxylic acids is 1. The molecule has 0 heterocycles. The standard InChI is InChI=1S/C30H25F3O2/c1-3-5-19-6-8-21(9-7-19)25-16-17-26(29(33)28(25)32)22-12-14-24(15-13-22)35-30(34)23-11-10-20(4-2)27(31)18-23/h6-18H,3-5H2,1-2H3. The van der Waals surface area contributed by atoms with Crippen LogP contribution in [0.25, 0.3) is 22.3 Å². The van der Waals surface area contributed by atoms with E-state index in [0.29, 0.717) is 23.1 Å². The van der Waals surface area contributed by atoms with Crippen molar-refractivity contribution in [1.82, 2.24) is 0 Å². The van der Waals surface area contributed by atoms with Crippen LogP contribution in [0.3, 0.4) is 0 Å². The van der Waals surface area contributed by atoms with Crippen LogP contribution in [-0.2, 0) is 12.8 Å². The van der Waals surface area contributed by atoms with Gasteiger partial charge in [-0.25, -0.2) is 18.0 Å². The van der Waals surface area contributed by atoms with Crippen LogP contribution in [0.4, 0.5) is 13.2 Å². The van der Waals surface area contributed by atoms with E-state index in [1.165, 1.54) is 24.3 Å². The molecule has 2 nitrogen and oxygen atoms in total. The van der Waals surface area contributed by atoms with Gasteiger partial charge in [0.2, 0.25) is 0 Å². The first-order valence-corrected chi connectivity index (χ1v) is 11.6. The zero-order chi connectivity index (χ0) is 24.9. The lowest BCUT2D eigenvalue weighted by Crippen LogP contribution is -2.09. The van der Waals surface area contributed by atoms with E-state index in [0.717, 1.165) is 24.5 Å². The van der Waals surface area contributed by atoms with Gasteiger partial charge in [-0.1, -0.05) is 74.9 Å². The van der Waals surface area contributed by atoms with Gasteiger partial charge in [0, 0.05) is 11.1 Å². The first-order valence-electron chi connectivity index (χ1n) is 11.6. The number of hydrogen-bond donors (Lipinski definition) is 0. The lowest BCUT2D eigenvalue weighted by molar-refractivity contribution is 0.0734. The highest BCUT2D eigenvalue weighted by Crippen LogP contribution is 2.32. The largest absolute Gasteiger partial charge is 0.423 e. The number of ether oxygens (including phenoxy) is 1. The van der Waals surface area contributed by atoms with Gasteiger partial charge in [0.05, 0.1) is 5.56 Å². The fourth-order valence-corrected chi connectivity index (χ4v) is 3.96. The van der Waals surface area contributed by atoms with Crippen LogP contribution in [0.2, 0.25) is 0 Å². The van der Waals surface area contributed by atoms with Crippen molar-refractivity contribution in [3.05, 3.63) is 113 Å². The summed E-state index contributed by atoms with van der Waals surface area (Å²) in [4.78, 5) is 12.4. The Kier molecular flexibility index (Phi) is 7.35. The maximum absolute atomic E-state index is 15.0. The molecule has 0 unspecified atom stereocenters. The molecular formula is C30H25F3O2. The summed E-state index contributed by atoms with van der Waals surface area (Å²) in [5.74, 6) is -2.82. The first-order chi connectivity index (χ1) is 16.9. The van der Waals surface area contributed by atoms with Crippen molar-refractivity contribution in [3.63, 3.8) is 0 Å². The minimum atomic E-state index is -0.948. The van der Waals surface area contributed by atoms with Gasteiger partial charge in [-0.05, 0) is 59.4 Å². The molecule has 0 bridgehead atoms. The Morgan fingerprint density at radius 1 is 0.743 bits per heavy atom. The summed E-state index contributed by atoms with van der Waals surface area (Å²) in [6.07, 6.45) is 2.47. The van der Waals surface area contributed by atoms with Crippen molar-refractivity contribution in [2.24, 2.45) is 0 Å². The van der Waals surface area contributed by atoms with E-state index < -0.39 is 23.4 Å². The predicted octanol–water partition coefficient (Wildman–Crippen LogP) is 8.17. The molecule has 0 aliphatic carbocycles. The normalized spacial score (nSPS) is 10.9. The summed E-state index contributed by atoms with van der Waals surface area (Å²) in [5.41, 5.74) is 3.10. The van der Waals surface area contributed by atoms with E-state index in [9.17, 15) is 18.0 Å². The van der Waals surface area contributed by atoms with Gasteiger partial charge in [-0.15, -0.1) is 0 Å². The van der Waals surface area contributed by atoms with Gasteiger partial charge >= 0.3 is 5.97 Å². The van der Waals surface area contributed by atoms with Crippen LogP contribution in [0.15, 0.2) is 78.9 Å². The maximum atomic E-state index is 15.0. The zero-order valence-corrected chi connectivity index (χ0v) is 19.6. The molecule has 0 aromatic heterocycles. The molecule has 0 saturated heterocycles. The first kappa shape index (κ1) is 24.3. The number of halogens is 3. The van der Waals surface area contributed by atoms with E-state index in [-0.39, 0.29) is 22.4 Å². The van der Waals surface area contributed by atoms with Crippen LogP contribution in [0, 0.1) is 17.5 Å². The van der Waals surface area contributed by atoms with Crippen molar-refractivity contribution in [2.45, 2.75) is 33.1 Å². The molecule has 0 N–H and O–H groups in total. The number of hydrogen-bond acceptors (Lipinski definition) is 2. The van der Waals surface area contributed by atoms with Crippen LogP contribution in [-0.4, -0.2) is 5.97 Å². The third-order valence-electron chi connectivity index (χ3n) is 5.93. The Bertz CT molecular complexity index is 1340. The molecule has 0 spiro atoms. The zero-order valence-electron chi connectivity index (χ0n) is 19.6. The fourth-order valence-electron chi connectivity index (χ4n) is 3.96. The molecule has 4 aromatic rings. The molecule has 178 valence electrons. The van der Waals surface area contributed by atoms with Gasteiger partial charge in [0.1, 0.15) is 11.6 Å². The second-order valence-corrected chi connectivity index (χ2v) is 8.31. The van der Waals surface area contributed by atoms with E-state index in [4.69, 9.17) is 4.74 Å². The number of esters is 1. The highest BCUT2D eigenvalue weighted by molar-refractivity contribution is 5.91. The Labute approximate surface area is 203 Å². The summed E-state index contributed by atoms with van der Waals surface area (Å²) < 4.78 is 49.2. The molecule has 0 amide bonds. The average molecular weight is 475 g/mol. The molecule has 0 atom stereocenters. The second-order valence-electron chi connectivity index (χ2n) is 8.31. The smallest absolute Gasteiger partial charge is 0.343 e. The molecular weight excluding hydrogens is 449 g/mol. The fraction of sp³-hybridized carbons (Fsp3) is 0.167. The third kappa shape index (κ3) is 5.29. The van der Waals surface area contributed by atoms with Crippen LogP contribution in [0.5, 0.6) is 5.75 Å². The SMILES string of the molecule is CCCc1ccc(-c2ccc(-c3ccc(OC(=O)c4ccc(CC)c(F)c4)cc3)c(F)c2F)cc1. The Hall–Kier alpha value is -3.86. The van der Waals surface area contributed by atoms with Gasteiger partial charge in [0.15, 0.2) is 11.6 Å². The van der Waals surface area contributed by atoms with Gasteiger partial charge in [-0.2, -0.15) is 0 Å². The van der Waals surface area contributed by atoms with Crippen LogP contribution < -0.4 is 4.74 Å². The molecule has 0 radical (unpaired) electrons. The minimum absolute atomic E-state index is 0.0928. The highest BCUT2D eigenvalue weighted by Gasteiger charge is 2.17. The summed E-state index contributed by atoms with van der Waals surface area (Å²) in [6, 6.07) is 20.8. The summed E-state index contributed by atoms with van der Waals surface area (Å²) in [5, 5.41) is 0. The van der Waals surface area contributed by atoms with Crippen molar-refractivity contribution < 1.29 is 22.7 Å². The van der Waals surface area contributed by atoms with Gasteiger partial charge in [-0.3, -0.25) is 0 Å². The van der Waals surface area contributed by atoms with Crippen molar-refractivity contribution >= 4 is 5.97 Å². The number of carbonyl (C=O) groups is 1. The monoisotopic (exact) mass is 474 g/mol. The topological polar surface area (TPSA) is 26.3 Å². The quantitative estimate of drug-likeness (QED) is 0.199. The molecule has 5 heteroatoms. The van der Waals surface area contributed by atoms with Crippen molar-refractivity contribution in [1.29, 1.82) is 0 Å². The summed E-state index contributed by atoms with van der Waals surface area (Å²) in [6.45, 7) is 3.91. The predicted molar refractivity (Wildman–Crippen MR) is 132 cm³/mol. The van der Waals surface area contributed by atoms with E-state index in [2.05, 4.69) is 6.92 Å². The summed E-state index contributed by atoms with van der Waals surface area (Å²) in [7, 11) is 0. The second kappa shape index (κ2) is 10.6. The third-order valence-corrected chi connectivity index (χ3v) is 5.93. The van der Waals surface area contributed by atoms with Crippen molar-refractivity contribution in [2.75, 3.05) is 0 Å². The molecule has 0 aliphatic heterocycles. The Balaban J connectivity index is 1.52. The van der Waals surface area contributed by atoms with Crippen LogP contribution in [0.1, 0.15) is 41.8 Å². The molecule has 35 heavy (non-hydrogen) atoms. The van der Waals surface area contributed by atoms with E-state index >= 15 is 0 Å². The molecule has 4 aromatic carbocycles. The minimum Gasteiger partial charge on any atom is -0.423 e. The van der Waals surface area contributed by atoms with Crippen LogP contribution >= 0.6 is 0 Å². The van der Waals surface area contributed by atoms with Gasteiger partial charge in [0.25, 0.3) is 0 Å². The molecule has 0 saturated carbocycles. The number of aryl methyl sites for hydroxylation is 2. The number of benzene rings is 4. The molecule has 0 aliphatic rings.